The van der Waals surface area contributed by atoms with Gasteiger partial charge in [-0.25, -0.2) is 4.39 Å². The molecule has 0 aliphatic heterocycles. The lowest BCUT2D eigenvalue weighted by atomic mass is 10.1. The highest BCUT2D eigenvalue weighted by Crippen LogP contribution is 2.19. The molecule has 3 N–H and O–H groups in total. The average Bonchev–Trinajstić information content (AvgIpc) is 2.52. The highest BCUT2D eigenvalue weighted by atomic mass is 35.5. The van der Waals surface area contributed by atoms with Crippen LogP contribution >= 0.6 is 11.6 Å². The lowest BCUT2D eigenvalue weighted by Gasteiger charge is -2.12. The van der Waals surface area contributed by atoms with Crippen molar-refractivity contribution in [3.63, 3.8) is 0 Å². The minimum absolute atomic E-state index is 0.0768. The summed E-state index contributed by atoms with van der Waals surface area (Å²) < 4.78 is 13.4. The Balaban J connectivity index is 1.81. The molecule has 0 radical (unpaired) electrons. The van der Waals surface area contributed by atoms with Crippen LogP contribution in [0.2, 0.25) is 5.02 Å². The molecule has 0 saturated carbocycles. The van der Waals surface area contributed by atoms with E-state index in [0.29, 0.717) is 10.6 Å². The molecule has 0 bridgehead atoms. The van der Waals surface area contributed by atoms with Crippen LogP contribution in [0.15, 0.2) is 48.5 Å². The molecule has 0 heterocycles. The molecule has 22 heavy (non-hydrogen) atoms. The summed E-state index contributed by atoms with van der Waals surface area (Å²) in [5.74, 6) is -0.446. The van der Waals surface area contributed by atoms with Crippen LogP contribution in [0.4, 0.5) is 4.39 Å². The number of hydrogen-bond acceptors (Lipinski definition) is 1. The van der Waals surface area contributed by atoms with Crippen LogP contribution in [0.3, 0.4) is 0 Å². The van der Waals surface area contributed by atoms with Crippen molar-refractivity contribution in [2.45, 2.75) is 19.5 Å². The Morgan fingerprint density at radius 2 is 1.91 bits per heavy atom. The van der Waals surface area contributed by atoms with Crippen LogP contribution in [-0.2, 0) is 11.3 Å². The SMILES string of the molecule is C[C@@H]([NH2+]CC(=O)NCc1ccccc1F)c1ccccc1Cl. The van der Waals surface area contributed by atoms with E-state index in [1.807, 2.05) is 36.5 Å². The highest BCUT2D eigenvalue weighted by molar-refractivity contribution is 6.31. The monoisotopic (exact) mass is 321 g/mol. The van der Waals surface area contributed by atoms with Gasteiger partial charge in [0.05, 0.1) is 0 Å². The fourth-order valence-electron chi connectivity index (χ4n) is 2.16. The Morgan fingerprint density at radius 1 is 1.23 bits per heavy atom. The Morgan fingerprint density at radius 3 is 2.64 bits per heavy atom. The summed E-state index contributed by atoms with van der Waals surface area (Å²) in [5.41, 5.74) is 1.47. The number of carbonyl (C=O) groups is 1. The van der Waals surface area contributed by atoms with E-state index < -0.39 is 0 Å². The maximum atomic E-state index is 13.4. The number of nitrogens with two attached hydrogens (primary N) is 1. The standard InChI is InChI=1S/C17H18ClFN2O/c1-12(14-7-3-4-8-15(14)18)20-11-17(22)21-10-13-6-2-5-9-16(13)19/h2-9,12,20H,10-11H2,1H3,(H,21,22)/p+1/t12-/m1/s1. The second kappa shape index (κ2) is 7.92. The van der Waals surface area contributed by atoms with Gasteiger partial charge in [0.15, 0.2) is 6.54 Å². The Hall–Kier alpha value is -1.91. The van der Waals surface area contributed by atoms with Crippen molar-refractivity contribution >= 4 is 17.5 Å². The van der Waals surface area contributed by atoms with Crippen molar-refractivity contribution in [2.75, 3.05) is 6.54 Å². The maximum absolute atomic E-state index is 13.4. The van der Waals surface area contributed by atoms with Gasteiger partial charge in [-0.15, -0.1) is 0 Å². The molecule has 0 aliphatic rings. The number of nitrogens with one attached hydrogen (secondary N) is 1. The first kappa shape index (κ1) is 16.5. The summed E-state index contributed by atoms with van der Waals surface area (Å²) in [5, 5.41) is 5.31. The van der Waals surface area contributed by atoms with E-state index in [9.17, 15) is 9.18 Å². The van der Waals surface area contributed by atoms with Gasteiger partial charge >= 0.3 is 0 Å². The van der Waals surface area contributed by atoms with E-state index in [0.717, 1.165) is 5.56 Å². The molecule has 5 heteroatoms. The van der Waals surface area contributed by atoms with Gasteiger partial charge in [-0.05, 0) is 19.1 Å². The normalized spacial score (nSPS) is 12.0. The van der Waals surface area contributed by atoms with Crippen molar-refractivity contribution in [3.8, 4) is 0 Å². The number of hydrogen-bond donors (Lipinski definition) is 2. The van der Waals surface area contributed by atoms with Crippen LogP contribution in [0, 0.1) is 5.82 Å². The van der Waals surface area contributed by atoms with Crippen LogP contribution in [0.1, 0.15) is 24.1 Å². The lowest BCUT2D eigenvalue weighted by molar-refractivity contribution is -0.682. The summed E-state index contributed by atoms with van der Waals surface area (Å²) >= 11 is 6.13. The van der Waals surface area contributed by atoms with Gasteiger partial charge in [0.1, 0.15) is 11.9 Å². The van der Waals surface area contributed by atoms with Gasteiger partial charge in [-0.3, -0.25) is 4.79 Å². The molecule has 0 fully saturated rings. The van der Waals surface area contributed by atoms with Crippen molar-refractivity contribution in [3.05, 3.63) is 70.5 Å². The summed E-state index contributed by atoms with van der Waals surface area (Å²) in [6, 6.07) is 14.1. The van der Waals surface area contributed by atoms with Gasteiger partial charge in [-0.1, -0.05) is 48.0 Å². The van der Waals surface area contributed by atoms with Gasteiger partial charge in [0.25, 0.3) is 5.91 Å². The largest absolute Gasteiger partial charge is 0.347 e. The lowest BCUT2D eigenvalue weighted by Crippen LogP contribution is -2.87. The zero-order chi connectivity index (χ0) is 15.9. The average molecular weight is 322 g/mol. The molecular weight excluding hydrogens is 303 g/mol. The van der Waals surface area contributed by atoms with E-state index in [1.165, 1.54) is 6.07 Å². The third-order valence-corrected chi connectivity index (χ3v) is 3.83. The highest BCUT2D eigenvalue weighted by Gasteiger charge is 2.14. The van der Waals surface area contributed by atoms with Crippen LogP contribution < -0.4 is 10.6 Å². The van der Waals surface area contributed by atoms with Crippen LogP contribution in [0.5, 0.6) is 0 Å². The van der Waals surface area contributed by atoms with E-state index in [4.69, 9.17) is 11.6 Å². The van der Waals surface area contributed by atoms with Crippen LogP contribution in [0.25, 0.3) is 0 Å². The number of carbonyl (C=O) groups excluding carboxylic acids is 1. The second-order valence-corrected chi connectivity index (χ2v) is 5.53. The van der Waals surface area contributed by atoms with Crippen LogP contribution in [-0.4, -0.2) is 12.5 Å². The molecule has 3 nitrogen and oxygen atoms in total. The van der Waals surface area contributed by atoms with Gasteiger partial charge in [0, 0.05) is 22.7 Å². The first-order valence-electron chi connectivity index (χ1n) is 7.16. The first-order chi connectivity index (χ1) is 10.6. The molecule has 2 aromatic rings. The Labute approximate surface area is 134 Å². The van der Waals surface area contributed by atoms with Crippen molar-refractivity contribution in [1.82, 2.24) is 5.32 Å². The molecule has 116 valence electrons. The molecule has 0 unspecified atom stereocenters. The minimum Gasteiger partial charge on any atom is -0.347 e. The van der Waals surface area contributed by atoms with Gasteiger partial charge in [-0.2, -0.15) is 0 Å². The molecule has 1 atom stereocenters. The van der Waals surface area contributed by atoms with Gasteiger partial charge < -0.3 is 10.6 Å². The topological polar surface area (TPSA) is 45.7 Å². The molecule has 2 rings (SSSR count). The molecule has 2 aromatic carbocycles. The minimum atomic E-state index is -0.309. The molecular formula is C17H19ClFN2O+. The molecule has 0 aromatic heterocycles. The zero-order valence-electron chi connectivity index (χ0n) is 12.4. The smallest absolute Gasteiger partial charge is 0.275 e. The predicted molar refractivity (Wildman–Crippen MR) is 84.9 cm³/mol. The number of benzene rings is 2. The van der Waals surface area contributed by atoms with Crippen molar-refractivity contribution in [2.24, 2.45) is 0 Å². The summed E-state index contributed by atoms with van der Waals surface area (Å²) in [6.45, 7) is 2.45. The fraction of sp³-hybridized carbons (Fsp3) is 0.235. The van der Waals surface area contributed by atoms with Crippen molar-refractivity contribution in [1.29, 1.82) is 0 Å². The second-order valence-electron chi connectivity index (χ2n) is 5.12. The molecule has 0 aliphatic carbocycles. The summed E-state index contributed by atoms with van der Waals surface area (Å²) in [4.78, 5) is 11.9. The van der Waals surface area contributed by atoms with Crippen molar-refractivity contribution < 1.29 is 14.5 Å². The predicted octanol–water partition coefficient (Wildman–Crippen LogP) is 2.42. The first-order valence-corrected chi connectivity index (χ1v) is 7.53. The van der Waals surface area contributed by atoms with Gasteiger partial charge in [0.2, 0.25) is 0 Å². The third-order valence-electron chi connectivity index (χ3n) is 3.49. The van der Waals surface area contributed by atoms with E-state index in [-0.39, 0.29) is 30.9 Å². The van der Waals surface area contributed by atoms with E-state index >= 15 is 0 Å². The maximum Gasteiger partial charge on any atom is 0.275 e. The Kier molecular flexibility index (Phi) is 5.92. The van der Waals surface area contributed by atoms with E-state index in [2.05, 4.69) is 5.32 Å². The molecule has 1 amide bonds. The fourth-order valence-corrected chi connectivity index (χ4v) is 2.47. The third kappa shape index (κ3) is 4.55. The van der Waals surface area contributed by atoms with E-state index in [1.54, 1.807) is 18.2 Å². The number of halogens is 2. The number of rotatable bonds is 6. The summed E-state index contributed by atoms with van der Waals surface area (Å²) in [6.07, 6.45) is 0. The zero-order valence-corrected chi connectivity index (χ0v) is 13.1. The molecule has 0 saturated heterocycles. The number of amides is 1. The Bertz CT molecular complexity index is 648. The quantitative estimate of drug-likeness (QED) is 0.843. The molecule has 0 spiro atoms. The number of quaternary nitrogens is 1. The summed E-state index contributed by atoms with van der Waals surface area (Å²) in [7, 11) is 0.